The number of sulfonamides is 1. The zero-order chi connectivity index (χ0) is 32.6. The van der Waals surface area contributed by atoms with E-state index in [0.29, 0.717) is 6.42 Å². The first-order valence-electron chi connectivity index (χ1n) is 15.0. The van der Waals surface area contributed by atoms with E-state index >= 15 is 0 Å². The largest absolute Gasteiger partial charge is 0.352 e. The van der Waals surface area contributed by atoms with Gasteiger partial charge in [-0.2, -0.15) is 0 Å². The number of rotatable bonds is 13. The summed E-state index contributed by atoms with van der Waals surface area (Å²) in [5.74, 6) is -0.842. The van der Waals surface area contributed by atoms with Crippen LogP contribution in [0, 0.1) is 13.8 Å². The molecule has 0 heterocycles. The standard InChI is InChI=1S/C36H40ClN3O4S/c1-5-28(4)38-36(42)34(23-29-11-7-6-8-12-29)39(24-30-19-15-26(2)16-20-30)35(41)25-40(33-14-10-9-13-32(33)37)45(43,44)31-21-17-27(3)18-22-31/h6-22,28,34H,5,23-25H2,1-4H3,(H,38,42)/t28-,34+/m0/s1. The van der Waals surface area contributed by atoms with Gasteiger partial charge in [0.15, 0.2) is 0 Å². The number of nitrogens with one attached hydrogen (secondary N) is 1. The van der Waals surface area contributed by atoms with E-state index in [2.05, 4.69) is 5.32 Å². The molecule has 7 nitrogen and oxygen atoms in total. The van der Waals surface area contributed by atoms with Crippen LogP contribution in [-0.2, 0) is 32.6 Å². The molecule has 0 fully saturated rings. The van der Waals surface area contributed by atoms with Crippen molar-refractivity contribution in [2.24, 2.45) is 0 Å². The average molecular weight is 646 g/mol. The van der Waals surface area contributed by atoms with Crippen molar-refractivity contribution in [3.05, 3.63) is 130 Å². The van der Waals surface area contributed by atoms with Gasteiger partial charge in [0, 0.05) is 19.0 Å². The number of anilines is 1. The molecule has 4 aromatic rings. The van der Waals surface area contributed by atoms with Crippen molar-refractivity contribution < 1.29 is 18.0 Å². The van der Waals surface area contributed by atoms with Crippen LogP contribution in [0.15, 0.2) is 108 Å². The van der Waals surface area contributed by atoms with Gasteiger partial charge in [0.2, 0.25) is 11.8 Å². The second kappa shape index (κ2) is 15.2. The number of aryl methyl sites for hydroxylation is 2. The molecule has 0 aliphatic carbocycles. The first-order valence-corrected chi connectivity index (χ1v) is 16.8. The van der Waals surface area contributed by atoms with Crippen LogP contribution in [0.5, 0.6) is 0 Å². The molecule has 0 aliphatic rings. The van der Waals surface area contributed by atoms with Crippen LogP contribution in [0.2, 0.25) is 5.02 Å². The first kappa shape index (κ1) is 33.7. The van der Waals surface area contributed by atoms with E-state index in [9.17, 15) is 18.0 Å². The molecule has 0 unspecified atom stereocenters. The quantitative estimate of drug-likeness (QED) is 0.175. The van der Waals surface area contributed by atoms with Crippen molar-refractivity contribution in [3.8, 4) is 0 Å². The van der Waals surface area contributed by atoms with E-state index in [-0.39, 0.29) is 40.5 Å². The summed E-state index contributed by atoms with van der Waals surface area (Å²) in [4.78, 5) is 30.0. The lowest BCUT2D eigenvalue weighted by Crippen LogP contribution is -2.54. The minimum atomic E-state index is -4.23. The number of benzene rings is 4. The number of hydrogen-bond acceptors (Lipinski definition) is 4. The third-order valence-electron chi connectivity index (χ3n) is 7.75. The highest BCUT2D eigenvalue weighted by Gasteiger charge is 2.35. The predicted octanol–water partition coefficient (Wildman–Crippen LogP) is 6.71. The Morgan fingerprint density at radius 3 is 1.98 bits per heavy atom. The Bertz CT molecular complexity index is 1690. The van der Waals surface area contributed by atoms with Gasteiger partial charge in [0.1, 0.15) is 12.6 Å². The molecule has 4 rings (SSSR count). The molecular formula is C36H40ClN3O4S. The minimum absolute atomic E-state index is 0.0289. The van der Waals surface area contributed by atoms with Gasteiger partial charge in [0.05, 0.1) is 15.6 Å². The topological polar surface area (TPSA) is 86.8 Å². The van der Waals surface area contributed by atoms with Gasteiger partial charge in [-0.1, -0.05) is 109 Å². The molecule has 0 spiro atoms. The van der Waals surface area contributed by atoms with E-state index in [0.717, 1.165) is 26.6 Å². The zero-order valence-electron chi connectivity index (χ0n) is 26.1. The molecule has 0 saturated carbocycles. The third-order valence-corrected chi connectivity index (χ3v) is 9.85. The van der Waals surface area contributed by atoms with Crippen LogP contribution >= 0.6 is 11.6 Å². The second-order valence-corrected chi connectivity index (χ2v) is 13.6. The van der Waals surface area contributed by atoms with Gasteiger partial charge in [-0.25, -0.2) is 8.42 Å². The lowest BCUT2D eigenvalue weighted by atomic mass is 10.0. The highest BCUT2D eigenvalue weighted by molar-refractivity contribution is 7.92. The maximum Gasteiger partial charge on any atom is 0.264 e. The predicted molar refractivity (Wildman–Crippen MR) is 181 cm³/mol. The molecule has 0 aliphatic heterocycles. The summed E-state index contributed by atoms with van der Waals surface area (Å²) in [6.07, 6.45) is 0.961. The molecule has 1 N–H and O–H groups in total. The van der Waals surface area contributed by atoms with Gasteiger partial charge in [-0.3, -0.25) is 13.9 Å². The highest BCUT2D eigenvalue weighted by atomic mass is 35.5. The van der Waals surface area contributed by atoms with Crippen LogP contribution in [0.3, 0.4) is 0 Å². The Kier molecular flexibility index (Phi) is 11.4. The Morgan fingerprint density at radius 1 is 0.800 bits per heavy atom. The van der Waals surface area contributed by atoms with Crippen molar-refractivity contribution in [1.82, 2.24) is 10.2 Å². The molecule has 0 saturated heterocycles. The van der Waals surface area contributed by atoms with Gasteiger partial charge in [0.25, 0.3) is 10.0 Å². The molecule has 4 aromatic carbocycles. The van der Waals surface area contributed by atoms with Crippen LogP contribution in [0.25, 0.3) is 0 Å². The second-order valence-electron chi connectivity index (χ2n) is 11.3. The molecule has 236 valence electrons. The number of amides is 2. The molecular weight excluding hydrogens is 606 g/mol. The summed E-state index contributed by atoms with van der Waals surface area (Å²) in [6, 6.07) is 29.2. The van der Waals surface area contributed by atoms with E-state index in [4.69, 9.17) is 11.6 Å². The molecule has 2 atom stereocenters. The van der Waals surface area contributed by atoms with E-state index < -0.39 is 28.5 Å². The fourth-order valence-electron chi connectivity index (χ4n) is 4.89. The average Bonchev–Trinajstić information content (AvgIpc) is 3.03. The number of carbonyl (C=O) groups excluding carboxylic acids is 2. The Hall–Kier alpha value is -4.14. The summed E-state index contributed by atoms with van der Waals surface area (Å²) in [5.41, 5.74) is 3.82. The van der Waals surface area contributed by atoms with Crippen molar-refractivity contribution in [2.45, 2.75) is 64.1 Å². The Labute approximate surface area is 271 Å². The molecule has 0 bridgehead atoms. The highest BCUT2D eigenvalue weighted by Crippen LogP contribution is 2.31. The van der Waals surface area contributed by atoms with Crippen molar-refractivity contribution in [1.29, 1.82) is 0 Å². The molecule has 0 aromatic heterocycles. The molecule has 2 amide bonds. The molecule has 45 heavy (non-hydrogen) atoms. The van der Waals surface area contributed by atoms with Gasteiger partial charge < -0.3 is 10.2 Å². The summed E-state index contributed by atoms with van der Waals surface area (Å²) < 4.78 is 29.3. The smallest absolute Gasteiger partial charge is 0.264 e. The number of halogens is 1. The number of para-hydroxylation sites is 1. The number of carbonyl (C=O) groups is 2. The van der Waals surface area contributed by atoms with Crippen LogP contribution in [-0.4, -0.2) is 43.8 Å². The number of hydrogen-bond donors (Lipinski definition) is 1. The zero-order valence-corrected chi connectivity index (χ0v) is 27.7. The number of nitrogens with zero attached hydrogens (tertiary/aromatic N) is 2. The summed E-state index contributed by atoms with van der Waals surface area (Å²) in [6.45, 7) is 7.27. The first-order chi connectivity index (χ1) is 21.5. The monoisotopic (exact) mass is 645 g/mol. The van der Waals surface area contributed by atoms with Crippen molar-refractivity contribution in [2.75, 3.05) is 10.8 Å². The van der Waals surface area contributed by atoms with Crippen LogP contribution in [0.4, 0.5) is 5.69 Å². The molecule has 0 radical (unpaired) electrons. The van der Waals surface area contributed by atoms with E-state index in [1.54, 1.807) is 36.4 Å². The Balaban J connectivity index is 1.81. The van der Waals surface area contributed by atoms with Gasteiger partial charge in [-0.15, -0.1) is 0 Å². The van der Waals surface area contributed by atoms with E-state index in [1.165, 1.54) is 17.0 Å². The fourth-order valence-corrected chi connectivity index (χ4v) is 6.61. The summed E-state index contributed by atoms with van der Waals surface area (Å²) in [5, 5.41) is 3.23. The van der Waals surface area contributed by atoms with Crippen LogP contribution < -0.4 is 9.62 Å². The lowest BCUT2D eigenvalue weighted by Gasteiger charge is -2.34. The Morgan fingerprint density at radius 2 is 1.38 bits per heavy atom. The lowest BCUT2D eigenvalue weighted by molar-refractivity contribution is -0.140. The van der Waals surface area contributed by atoms with Crippen molar-refractivity contribution >= 4 is 39.1 Å². The van der Waals surface area contributed by atoms with Gasteiger partial charge >= 0.3 is 0 Å². The molecule has 9 heteroatoms. The van der Waals surface area contributed by atoms with Crippen LogP contribution in [0.1, 0.15) is 42.5 Å². The fraction of sp³-hybridized carbons (Fsp3) is 0.278. The summed E-state index contributed by atoms with van der Waals surface area (Å²) >= 11 is 6.54. The summed E-state index contributed by atoms with van der Waals surface area (Å²) in [7, 11) is -4.23. The van der Waals surface area contributed by atoms with Gasteiger partial charge in [-0.05, 0) is 62.6 Å². The maximum absolute atomic E-state index is 14.5. The maximum atomic E-state index is 14.5. The van der Waals surface area contributed by atoms with Crippen molar-refractivity contribution in [3.63, 3.8) is 0 Å². The SMILES string of the molecule is CC[C@H](C)NC(=O)[C@@H](Cc1ccccc1)N(Cc1ccc(C)cc1)C(=O)CN(c1ccccc1Cl)S(=O)(=O)c1ccc(C)cc1. The van der Waals surface area contributed by atoms with E-state index in [1.807, 2.05) is 82.3 Å². The third kappa shape index (κ3) is 8.74. The normalized spacial score (nSPS) is 12.6. The minimum Gasteiger partial charge on any atom is -0.352 e.